The van der Waals surface area contributed by atoms with Crippen LogP contribution in [-0.4, -0.2) is 18.6 Å². The van der Waals surface area contributed by atoms with Gasteiger partial charge in [-0.1, -0.05) is 12.1 Å². The molecule has 0 fully saturated rings. The first-order valence-electron chi connectivity index (χ1n) is 8.66. The van der Waals surface area contributed by atoms with Crippen molar-refractivity contribution in [2.45, 2.75) is 26.4 Å². The summed E-state index contributed by atoms with van der Waals surface area (Å²) in [7, 11) is 0. The third-order valence-corrected chi connectivity index (χ3v) is 4.23. The lowest BCUT2D eigenvalue weighted by molar-refractivity contribution is -0.127. The average molecular weight is 369 g/mol. The van der Waals surface area contributed by atoms with Crippen LogP contribution in [0.3, 0.4) is 0 Å². The van der Waals surface area contributed by atoms with E-state index in [0.29, 0.717) is 24.3 Å². The van der Waals surface area contributed by atoms with Crippen molar-refractivity contribution in [1.82, 2.24) is 5.32 Å². The number of nitrogens with one attached hydrogen (secondary N) is 1. The summed E-state index contributed by atoms with van der Waals surface area (Å²) in [5.41, 5.74) is 1.75. The van der Waals surface area contributed by atoms with E-state index in [0.717, 1.165) is 16.5 Å². The first-order chi connectivity index (χ1) is 12.9. The maximum atomic E-state index is 12.9. The van der Waals surface area contributed by atoms with E-state index in [1.165, 1.54) is 18.2 Å². The van der Waals surface area contributed by atoms with Gasteiger partial charge in [0, 0.05) is 24.1 Å². The summed E-state index contributed by atoms with van der Waals surface area (Å²) in [5.74, 6) is -0.105. The molecule has 5 nitrogen and oxygen atoms in total. The summed E-state index contributed by atoms with van der Waals surface area (Å²) in [6.45, 7) is 3.89. The molecule has 0 aliphatic carbocycles. The van der Waals surface area contributed by atoms with Crippen molar-refractivity contribution in [3.05, 3.63) is 75.9 Å². The van der Waals surface area contributed by atoms with Crippen LogP contribution in [0.2, 0.25) is 0 Å². The topological polar surface area (TPSA) is 68.5 Å². The highest BCUT2D eigenvalue weighted by Gasteiger charge is 2.15. The van der Waals surface area contributed by atoms with Crippen LogP contribution in [0.4, 0.5) is 4.39 Å². The fourth-order valence-electron chi connectivity index (χ4n) is 2.76. The van der Waals surface area contributed by atoms with E-state index in [-0.39, 0.29) is 11.7 Å². The van der Waals surface area contributed by atoms with Gasteiger partial charge in [0.05, 0.1) is 0 Å². The van der Waals surface area contributed by atoms with Gasteiger partial charge in [0.25, 0.3) is 5.91 Å². The number of carbonyl (C=O) groups excluding carboxylic acids is 1. The number of benzene rings is 2. The predicted octanol–water partition coefficient (Wildman–Crippen LogP) is 3.37. The van der Waals surface area contributed by atoms with E-state index in [1.54, 1.807) is 37.3 Å². The maximum absolute atomic E-state index is 12.9. The fourth-order valence-corrected chi connectivity index (χ4v) is 2.76. The van der Waals surface area contributed by atoms with Crippen LogP contribution in [-0.2, 0) is 11.2 Å². The SMILES string of the molecule is Cc1cc(=O)oc2cc(OC(C)C(=O)NCCc3ccc(F)cc3)ccc12. The molecule has 27 heavy (non-hydrogen) atoms. The molecule has 0 spiro atoms. The zero-order valence-electron chi connectivity index (χ0n) is 15.1. The first-order valence-corrected chi connectivity index (χ1v) is 8.66. The second-order valence-corrected chi connectivity index (χ2v) is 6.33. The van der Waals surface area contributed by atoms with Gasteiger partial charge in [-0.25, -0.2) is 9.18 Å². The van der Waals surface area contributed by atoms with Crippen molar-refractivity contribution >= 4 is 16.9 Å². The largest absolute Gasteiger partial charge is 0.481 e. The van der Waals surface area contributed by atoms with Crippen LogP contribution in [0, 0.1) is 12.7 Å². The standard InChI is InChI=1S/C21H20FNO4/c1-13-11-20(24)27-19-12-17(7-8-18(13)19)26-14(2)21(25)23-10-9-15-3-5-16(22)6-4-15/h3-8,11-12,14H,9-10H2,1-2H3,(H,23,25). The van der Waals surface area contributed by atoms with E-state index in [9.17, 15) is 14.0 Å². The van der Waals surface area contributed by atoms with E-state index < -0.39 is 11.7 Å². The molecule has 0 aliphatic heterocycles. The molecule has 140 valence electrons. The van der Waals surface area contributed by atoms with Crippen LogP contribution >= 0.6 is 0 Å². The van der Waals surface area contributed by atoms with Crippen LogP contribution in [0.5, 0.6) is 5.75 Å². The molecule has 3 rings (SSSR count). The molecule has 3 aromatic rings. The molecule has 1 unspecified atom stereocenters. The highest BCUT2D eigenvalue weighted by atomic mass is 19.1. The Morgan fingerprint density at radius 3 is 2.67 bits per heavy atom. The zero-order chi connectivity index (χ0) is 19.4. The molecule has 1 heterocycles. The molecule has 1 aromatic heterocycles. The van der Waals surface area contributed by atoms with Crippen molar-refractivity contribution in [3.63, 3.8) is 0 Å². The Bertz CT molecular complexity index is 1010. The third-order valence-electron chi connectivity index (χ3n) is 4.23. The Labute approximate surface area is 155 Å². The van der Waals surface area contributed by atoms with Gasteiger partial charge in [-0.15, -0.1) is 0 Å². The monoisotopic (exact) mass is 369 g/mol. The molecule has 0 bridgehead atoms. The Balaban J connectivity index is 1.58. The molecule has 1 atom stereocenters. The molecule has 6 heteroatoms. The van der Waals surface area contributed by atoms with Gasteiger partial charge in [-0.05, 0) is 55.7 Å². The number of hydrogen-bond acceptors (Lipinski definition) is 4. The van der Waals surface area contributed by atoms with Gasteiger partial charge < -0.3 is 14.5 Å². The first kappa shape index (κ1) is 18.6. The summed E-state index contributed by atoms with van der Waals surface area (Å²) >= 11 is 0. The lowest BCUT2D eigenvalue weighted by Gasteiger charge is -2.15. The molecular formula is C21H20FNO4. The fraction of sp³-hybridized carbons (Fsp3) is 0.238. The van der Waals surface area contributed by atoms with E-state index in [4.69, 9.17) is 9.15 Å². The number of rotatable bonds is 6. The molecule has 1 amide bonds. The highest BCUT2D eigenvalue weighted by Crippen LogP contribution is 2.23. The van der Waals surface area contributed by atoms with E-state index >= 15 is 0 Å². The lowest BCUT2D eigenvalue weighted by atomic mass is 10.1. The summed E-state index contributed by atoms with van der Waals surface area (Å²) in [6, 6.07) is 12.7. The van der Waals surface area contributed by atoms with Crippen LogP contribution in [0.1, 0.15) is 18.1 Å². The van der Waals surface area contributed by atoms with E-state index in [1.807, 2.05) is 6.92 Å². The van der Waals surface area contributed by atoms with Crippen LogP contribution < -0.4 is 15.7 Å². The zero-order valence-corrected chi connectivity index (χ0v) is 15.1. The summed E-state index contributed by atoms with van der Waals surface area (Å²) < 4.78 is 23.7. The van der Waals surface area contributed by atoms with Gasteiger partial charge in [-0.2, -0.15) is 0 Å². The van der Waals surface area contributed by atoms with Crippen molar-refractivity contribution in [3.8, 4) is 5.75 Å². The number of ether oxygens (including phenoxy) is 1. The number of aryl methyl sites for hydroxylation is 1. The molecule has 0 aliphatic rings. The Morgan fingerprint density at radius 1 is 1.19 bits per heavy atom. The Morgan fingerprint density at radius 2 is 1.93 bits per heavy atom. The average Bonchev–Trinajstić information content (AvgIpc) is 2.62. The predicted molar refractivity (Wildman–Crippen MR) is 100 cm³/mol. The Hall–Kier alpha value is -3.15. The molecule has 0 saturated heterocycles. The summed E-state index contributed by atoms with van der Waals surface area (Å²) in [4.78, 5) is 23.7. The van der Waals surface area contributed by atoms with Gasteiger partial charge in [-0.3, -0.25) is 4.79 Å². The third kappa shape index (κ3) is 4.73. The maximum Gasteiger partial charge on any atom is 0.336 e. The minimum absolute atomic E-state index is 0.261. The van der Waals surface area contributed by atoms with Gasteiger partial charge in [0.15, 0.2) is 6.10 Å². The number of carbonyl (C=O) groups is 1. The Kier molecular flexibility index (Phi) is 5.54. The van der Waals surface area contributed by atoms with Gasteiger partial charge in [0.2, 0.25) is 0 Å². The highest BCUT2D eigenvalue weighted by molar-refractivity contribution is 5.82. The number of halogens is 1. The minimum Gasteiger partial charge on any atom is -0.481 e. The van der Waals surface area contributed by atoms with Gasteiger partial charge in [0.1, 0.15) is 17.1 Å². The smallest absolute Gasteiger partial charge is 0.336 e. The van der Waals surface area contributed by atoms with Crippen molar-refractivity contribution in [2.75, 3.05) is 6.54 Å². The number of amides is 1. The molecule has 2 aromatic carbocycles. The molecule has 0 saturated carbocycles. The second kappa shape index (κ2) is 8.03. The second-order valence-electron chi connectivity index (χ2n) is 6.33. The van der Waals surface area contributed by atoms with Crippen molar-refractivity contribution in [2.24, 2.45) is 0 Å². The normalized spacial score (nSPS) is 12.0. The van der Waals surface area contributed by atoms with Crippen molar-refractivity contribution in [1.29, 1.82) is 0 Å². The lowest BCUT2D eigenvalue weighted by Crippen LogP contribution is -2.37. The molecular weight excluding hydrogens is 349 g/mol. The minimum atomic E-state index is -0.716. The van der Waals surface area contributed by atoms with Crippen LogP contribution in [0.15, 0.2) is 57.7 Å². The van der Waals surface area contributed by atoms with E-state index in [2.05, 4.69) is 5.32 Å². The summed E-state index contributed by atoms with van der Waals surface area (Å²) in [5, 5.41) is 3.61. The van der Waals surface area contributed by atoms with Gasteiger partial charge >= 0.3 is 5.63 Å². The number of fused-ring (bicyclic) bond motifs is 1. The van der Waals surface area contributed by atoms with Crippen LogP contribution in [0.25, 0.3) is 11.0 Å². The summed E-state index contributed by atoms with van der Waals surface area (Å²) in [6.07, 6.45) is -0.119. The van der Waals surface area contributed by atoms with Crippen molar-refractivity contribution < 1.29 is 18.3 Å². The molecule has 1 N–H and O–H groups in total. The number of hydrogen-bond donors (Lipinski definition) is 1. The quantitative estimate of drug-likeness (QED) is 0.677. The molecule has 0 radical (unpaired) electrons.